The quantitative estimate of drug-likeness (QED) is 0.696. The molecule has 2 aromatic rings. The molecule has 4 bridgehead atoms. The van der Waals surface area contributed by atoms with Gasteiger partial charge in [0.2, 0.25) is 0 Å². The minimum Gasteiger partial charge on any atom is -0.491 e. The zero-order valence-electron chi connectivity index (χ0n) is 13.2. The zero-order valence-corrected chi connectivity index (χ0v) is 13.2. The molecule has 6 nitrogen and oxygen atoms in total. The van der Waals surface area contributed by atoms with Gasteiger partial charge in [-0.25, -0.2) is 0 Å². The number of aromatic amines is 1. The normalized spacial score (nSPS) is 24.7. The highest BCUT2D eigenvalue weighted by atomic mass is 16.5. The zero-order chi connectivity index (χ0) is 15.6. The van der Waals surface area contributed by atoms with Crippen LogP contribution in [0.2, 0.25) is 0 Å². The Morgan fingerprint density at radius 2 is 2.13 bits per heavy atom. The lowest BCUT2D eigenvalue weighted by molar-refractivity contribution is 0.210. The van der Waals surface area contributed by atoms with E-state index in [4.69, 9.17) is 4.74 Å². The lowest BCUT2D eigenvalue weighted by Crippen LogP contribution is -2.31. The molecule has 1 aromatic carbocycles. The predicted molar refractivity (Wildman–Crippen MR) is 91.7 cm³/mol. The molecule has 0 saturated heterocycles. The van der Waals surface area contributed by atoms with Crippen LogP contribution in [0.1, 0.15) is 25.5 Å². The van der Waals surface area contributed by atoms with E-state index in [1.165, 1.54) is 0 Å². The predicted octanol–water partition coefficient (Wildman–Crippen LogP) is 2.05. The summed E-state index contributed by atoms with van der Waals surface area (Å²) >= 11 is 0. The van der Waals surface area contributed by atoms with Crippen molar-refractivity contribution in [1.29, 1.82) is 0 Å². The molecule has 1 aromatic heterocycles. The number of rotatable bonds is 0. The first kappa shape index (κ1) is 14.3. The number of hydrazone groups is 1. The van der Waals surface area contributed by atoms with E-state index in [-0.39, 0.29) is 12.1 Å². The maximum absolute atomic E-state index is 6.05. The van der Waals surface area contributed by atoms with Crippen LogP contribution < -0.4 is 15.5 Å². The second kappa shape index (κ2) is 6.04. The van der Waals surface area contributed by atoms with Crippen LogP contribution in [0, 0.1) is 0 Å². The molecule has 3 heterocycles. The first-order chi connectivity index (χ1) is 11.3. The van der Waals surface area contributed by atoms with E-state index >= 15 is 0 Å². The summed E-state index contributed by atoms with van der Waals surface area (Å²) in [7, 11) is 0. The van der Waals surface area contributed by atoms with Gasteiger partial charge in [0.1, 0.15) is 11.4 Å². The fourth-order valence-electron chi connectivity index (χ4n) is 3.05. The minimum absolute atomic E-state index is 0.177. The highest BCUT2D eigenvalue weighted by molar-refractivity contribution is 6.14. The lowest BCUT2D eigenvalue weighted by atomic mass is 10.0. The number of benzene rings is 1. The molecule has 0 spiro atoms. The Bertz CT molecular complexity index is 763. The molecule has 2 aliphatic heterocycles. The number of hydrogen-bond donors (Lipinski definition) is 3. The highest BCUT2D eigenvalue weighted by Gasteiger charge is 2.17. The summed E-state index contributed by atoms with van der Waals surface area (Å²) in [6, 6.07) is 6.31. The maximum atomic E-state index is 6.05. The van der Waals surface area contributed by atoms with Crippen molar-refractivity contribution >= 4 is 22.7 Å². The maximum Gasteiger partial charge on any atom is 0.120 e. The second-order valence-corrected chi connectivity index (χ2v) is 6.15. The van der Waals surface area contributed by atoms with Crippen molar-refractivity contribution in [2.75, 3.05) is 13.1 Å². The van der Waals surface area contributed by atoms with E-state index in [9.17, 15) is 0 Å². The van der Waals surface area contributed by atoms with Gasteiger partial charge in [-0.3, -0.25) is 5.10 Å². The fraction of sp³-hybridized carbons (Fsp3) is 0.412. The molecule has 0 fully saturated rings. The smallest absolute Gasteiger partial charge is 0.120 e. The summed E-state index contributed by atoms with van der Waals surface area (Å²) < 4.78 is 6.05. The van der Waals surface area contributed by atoms with E-state index in [1.807, 2.05) is 18.3 Å². The van der Waals surface area contributed by atoms with Gasteiger partial charge in [-0.05, 0) is 57.1 Å². The number of nitrogens with one attached hydrogen (secondary N) is 3. The van der Waals surface area contributed by atoms with Crippen LogP contribution in [-0.4, -0.2) is 41.6 Å². The Morgan fingerprint density at radius 3 is 3.09 bits per heavy atom. The molecule has 6 heteroatoms. The van der Waals surface area contributed by atoms with Crippen molar-refractivity contribution in [3.63, 3.8) is 0 Å². The van der Waals surface area contributed by atoms with Gasteiger partial charge in [0.25, 0.3) is 0 Å². The number of fused-ring (bicyclic) bond motifs is 3. The van der Waals surface area contributed by atoms with Crippen LogP contribution in [0.25, 0.3) is 16.5 Å². The van der Waals surface area contributed by atoms with E-state index < -0.39 is 0 Å². The van der Waals surface area contributed by atoms with E-state index in [0.29, 0.717) is 0 Å². The molecule has 2 aliphatic rings. The van der Waals surface area contributed by atoms with Crippen LogP contribution in [0.15, 0.2) is 29.4 Å². The molecule has 2 atom stereocenters. The molecule has 3 N–H and O–H groups in total. The molecule has 0 radical (unpaired) electrons. The minimum atomic E-state index is 0.177. The van der Waals surface area contributed by atoms with Gasteiger partial charge in [0.05, 0.1) is 23.9 Å². The SMILES string of the molecule is C[C@H]1CCNCCC2C=C(C=NN2)c2n[nH]c3ccc(cc23)O1. The van der Waals surface area contributed by atoms with Crippen LogP contribution in [0.4, 0.5) is 0 Å². The Kier molecular flexibility index (Phi) is 3.75. The van der Waals surface area contributed by atoms with Crippen LogP contribution in [0.3, 0.4) is 0 Å². The fourth-order valence-corrected chi connectivity index (χ4v) is 3.05. The Labute approximate surface area is 135 Å². The Balaban J connectivity index is 1.78. The first-order valence-corrected chi connectivity index (χ1v) is 8.16. The Morgan fingerprint density at radius 1 is 1.22 bits per heavy atom. The summed E-state index contributed by atoms with van der Waals surface area (Å²) in [5, 5.41) is 16.4. The standard InChI is InChI=1S/C17H21N5O/c1-11-4-6-18-7-5-13-8-12(10-19-20-13)17-15-9-14(23-11)2-3-16(15)21-22-17/h2-3,8-11,13,18,20H,4-7H2,1H3,(H,21,22)/t11-,13?/m0/s1. The lowest BCUT2D eigenvalue weighted by Gasteiger charge is -2.19. The summed E-state index contributed by atoms with van der Waals surface area (Å²) in [5.41, 5.74) is 6.15. The molecule has 1 unspecified atom stereocenters. The third kappa shape index (κ3) is 2.94. The topological polar surface area (TPSA) is 74.3 Å². The number of aromatic nitrogens is 2. The van der Waals surface area contributed by atoms with Gasteiger partial charge >= 0.3 is 0 Å². The third-order valence-electron chi connectivity index (χ3n) is 4.33. The molecule has 0 amide bonds. The van der Waals surface area contributed by atoms with Crippen molar-refractivity contribution in [2.24, 2.45) is 5.10 Å². The molecule has 120 valence electrons. The third-order valence-corrected chi connectivity index (χ3v) is 4.33. The van der Waals surface area contributed by atoms with Crippen molar-refractivity contribution < 1.29 is 4.74 Å². The molecule has 4 rings (SSSR count). The van der Waals surface area contributed by atoms with Crippen LogP contribution in [0.5, 0.6) is 5.75 Å². The summed E-state index contributed by atoms with van der Waals surface area (Å²) in [6.45, 7) is 4.01. The van der Waals surface area contributed by atoms with Crippen molar-refractivity contribution in [1.82, 2.24) is 20.9 Å². The van der Waals surface area contributed by atoms with Crippen molar-refractivity contribution in [2.45, 2.75) is 31.9 Å². The van der Waals surface area contributed by atoms with E-state index in [0.717, 1.165) is 53.9 Å². The summed E-state index contributed by atoms with van der Waals surface area (Å²) in [6.07, 6.45) is 6.18. The van der Waals surface area contributed by atoms with Gasteiger partial charge in [-0.2, -0.15) is 10.2 Å². The molecular weight excluding hydrogens is 290 g/mol. The molecule has 0 saturated carbocycles. The van der Waals surface area contributed by atoms with E-state index in [2.05, 4.69) is 45.1 Å². The van der Waals surface area contributed by atoms with Crippen LogP contribution in [-0.2, 0) is 0 Å². The van der Waals surface area contributed by atoms with E-state index in [1.54, 1.807) is 0 Å². The number of H-pyrrole nitrogens is 1. The number of allylic oxidation sites excluding steroid dienone is 1. The second-order valence-electron chi connectivity index (χ2n) is 6.15. The van der Waals surface area contributed by atoms with Crippen LogP contribution >= 0.6 is 0 Å². The largest absolute Gasteiger partial charge is 0.491 e. The molecule has 0 aliphatic carbocycles. The average Bonchev–Trinajstić information content (AvgIpc) is 2.97. The molecular formula is C17H21N5O. The highest BCUT2D eigenvalue weighted by Crippen LogP contribution is 2.28. The average molecular weight is 311 g/mol. The number of ether oxygens (including phenoxy) is 1. The molecule has 23 heavy (non-hydrogen) atoms. The van der Waals surface area contributed by atoms with Gasteiger partial charge in [-0.1, -0.05) is 0 Å². The monoisotopic (exact) mass is 311 g/mol. The Hall–Kier alpha value is -2.34. The van der Waals surface area contributed by atoms with Gasteiger partial charge in [0, 0.05) is 11.0 Å². The van der Waals surface area contributed by atoms with Crippen molar-refractivity contribution in [3.05, 3.63) is 30.0 Å². The van der Waals surface area contributed by atoms with Gasteiger partial charge in [-0.15, -0.1) is 0 Å². The number of hydrogen-bond acceptors (Lipinski definition) is 5. The first-order valence-electron chi connectivity index (χ1n) is 8.16. The summed E-state index contributed by atoms with van der Waals surface area (Å²) in [5.74, 6) is 0.882. The summed E-state index contributed by atoms with van der Waals surface area (Å²) in [4.78, 5) is 0. The van der Waals surface area contributed by atoms with Gasteiger partial charge in [0.15, 0.2) is 0 Å². The van der Waals surface area contributed by atoms with Gasteiger partial charge < -0.3 is 15.5 Å². The van der Waals surface area contributed by atoms with Crippen molar-refractivity contribution in [3.8, 4) is 5.75 Å². The number of nitrogens with zero attached hydrogens (tertiary/aromatic N) is 2.